The number of urea groups is 1. The molecule has 2 amide bonds. The Hall–Kier alpha value is -0.770. The molecule has 1 heterocycles. The van der Waals surface area contributed by atoms with Gasteiger partial charge in [-0.25, -0.2) is 4.79 Å². The number of nitrogens with one attached hydrogen (secondary N) is 1. The van der Waals surface area contributed by atoms with E-state index in [-0.39, 0.29) is 6.03 Å². The number of hydrogen-bond acceptors (Lipinski definition) is 2. The van der Waals surface area contributed by atoms with E-state index < -0.39 is 0 Å². The Labute approximate surface area is 110 Å². The van der Waals surface area contributed by atoms with Gasteiger partial charge < -0.3 is 16.0 Å². The van der Waals surface area contributed by atoms with Crippen molar-refractivity contribution in [1.29, 1.82) is 0 Å². The van der Waals surface area contributed by atoms with Crippen molar-refractivity contribution in [3.63, 3.8) is 0 Å². The maximum absolute atomic E-state index is 12.1. The summed E-state index contributed by atoms with van der Waals surface area (Å²) >= 11 is 0. The summed E-state index contributed by atoms with van der Waals surface area (Å²) < 4.78 is 0. The van der Waals surface area contributed by atoms with Crippen LogP contribution in [0.5, 0.6) is 0 Å². The van der Waals surface area contributed by atoms with Crippen LogP contribution in [0.15, 0.2) is 0 Å². The molecular weight excluding hydrogens is 226 g/mol. The number of amides is 2. The molecule has 1 aliphatic carbocycles. The lowest BCUT2D eigenvalue weighted by molar-refractivity contribution is 0.166. The number of likely N-dealkylation sites (tertiary alicyclic amines) is 1. The molecule has 2 fully saturated rings. The predicted molar refractivity (Wildman–Crippen MR) is 73.3 cm³/mol. The standard InChI is InChI=1S/C14H27N3O/c1-11-4-3-7-17(10-11)14(18)16-9-12-5-2-6-13(15)8-12/h11-13H,2-10,15H2,1H3,(H,16,18). The van der Waals surface area contributed by atoms with Gasteiger partial charge in [-0.05, 0) is 43.9 Å². The normalized spacial score (nSPS) is 33.2. The summed E-state index contributed by atoms with van der Waals surface area (Å²) in [6.45, 7) is 4.85. The van der Waals surface area contributed by atoms with Gasteiger partial charge in [-0.15, -0.1) is 0 Å². The highest BCUT2D eigenvalue weighted by Crippen LogP contribution is 2.22. The summed E-state index contributed by atoms with van der Waals surface area (Å²) in [5, 5.41) is 3.09. The smallest absolute Gasteiger partial charge is 0.317 e. The molecule has 3 unspecified atom stereocenters. The van der Waals surface area contributed by atoms with Crippen molar-refractivity contribution >= 4 is 6.03 Å². The predicted octanol–water partition coefficient (Wildman–Crippen LogP) is 1.95. The van der Waals surface area contributed by atoms with Crippen LogP contribution in [0.3, 0.4) is 0 Å². The summed E-state index contributed by atoms with van der Waals surface area (Å²) in [6.07, 6.45) is 7.03. The zero-order valence-corrected chi connectivity index (χ0v) is 11.5. The van der Waals surface area contributed by atoms with Crippen LogP contribution in [-0.4, -0.2) is 36.6 Å². The van der Waals surface area contributed by atoms with Gasteiger partial charge >= 0.3 is 6.03 Å². The summed E-state index contributed by atoms with van der Waals surface area (Å²) in [4.78, 5) is 14.0. The monoisotopic (exact) mass is 253 g/mol. The van der Waals surface area contributed by atoms with Crippen molar-refractivity contribution in [2.75, 3.05) is 19.6 Å². The number of piperidine rings is 1. The minimum atomic E-state index is 0.126. The van der Waals surface area contributed by atoms with Crippen molar-refractivity contribution in [3.8, 4) is 0 Å². The van der Waals surface area contributed by atoms with E-state index in [1.807, 2.05) is 4.90 Å². The van der Waals surface area contributed by atoms with Crippen molar-refractivity contribution < 1.29 is 4.79 Å². The number of carbonyl (C=O) groups is 1. The number of carbonyl (C=O) groups excluding carboxylic acids is 1. The molecule has 0 aromatic heterocycles. The minimum Gasteiger partial charge on any atom is -0.338 e. The summed E-state index contributed by atoms with van der Waals surface area (Å²) in [5.74, 6) is 1.23. The van der Waals surface area contributed by atoms with E-state index in [1.165, 1.54) is 19.3 Å². The van der Waals surface area contributed by atoms with Gasteiger partial charge in [0.15, 0.2) is 0 Å². The molecule has 4 nitrogen and oxygen atoms in total. The van der Waals surface area contributed by atoms with Gasteiger partial charge in [0.1, 0.15) is 0 Å². The van der Waals surface area contributed by atoms with Crippen LogP contribution >= 0.6 is 0 Å². The highest BCUT2D eigenvalue weighted by Gasteiger charge is 2.23. The van der Waals surface area contributed by atoms with Crippen molar-refractivity contribution in [2.45, 2.75) is 51.5 Å². The molecule has 2 rings (SSSR count). The first-order chi connectivity index (χ1) is 8.65. The molecular formula is C14H27N3O. The SMILES string of the molecule is CC1CCCN(C(=O)NCC2CCCC(N)C2)C1. The highest BCUT2D eigenvalue weighted by molar-refractivity contribution is 5.74. The Morgan fingerprint density at radius 1 is 1.33 bits per heavy atom. The molecule has 1 aliphatic heterocycles. The number of rotatable bonds is 2. The third kappa shape index (κ3) is 3.87. The Morgan fingerprint density at radius 3 is 2.89 bits per heavy atom. The lowest BCUT2D eigenvalue weighted by atomic mass is 9.86. The van der Waals surface area contributed by atoms with Crippen LogP contribution in [0, 0.1) is 11.8 Å². The average molecular weight is 253 g/mol. The van der Waals surface area contributed by atoms with E-state index in [9.17, 15) is 4.79 Å². The molecule has 0 aromatic rings. The van der Waals surface area contributed by atoms with E-state index in [2.05, 4.69) is 12.2 Å². The molecule has 3 atom stereocenters. The van der Waals surface area contributed by atoms with Crippen LogP contribution in [-0.2, 0) is 0 Å². The second kappa shape index (κ2) is 6.41. The molecule has 0 bridgehead atoms. The molecule has 18 heavy (non-hydrogen) atoms. The number of nitrogens with two attached hydrogens (primary N) is 1. The van der Waals surface area contributed by atoms with E-state index in [1.54, 1.807) is 0 Å². The maximum Gasteiger partial charge on any atom is 0.317 e. The molecule has 0 aromatic carbocycles. The fraction of sp³-hybridized carbons (Fsp3) is 0.929. The quantitative estimate of drug-likeness (QED) is 0.790. The molecule has 1 saturated heterocycles. The molecule has 0 radical (unpaired) electrons. The van der Waals surface area contributed by atoms with E-state index in [0.29, 0.717) is 17.9 Å². The van der Waals surface area contributed by atoms with Gasteiger partial charge in [0.25, 0.3) is 0 Å². The summed E-state index contributed by atoms with van der Waals surface area (Å²) in [6, 6.07) is 0.469. The van der Waals surface area contributed by atoms with Gasteiger partial charge in [-0.2, -0.15) is 0 Å². The third-order valence-corrected chi connectivity index (χ3v) is 4.31. The molecule has 2 aliphatic rings. The van der Waals surface area contributed by atoms with E-state index >= 15 is 0 Å². The van der Waals surface area contributed by atoms with Crippen molar-refractivity contribution in [2.24, 2.45) is 17.6 Å². The van der Waals surface area contributed by atoms with Gasteiger partial charge in [-0.3, -0.25) is 0 Å². The van der Waals surface area contributed by atoms with Gasteiger partial charge in [0.2, 0.25) is 0 Å². The number of hydrogen-bond donors (Lipinski definition) is 2. The first kappa shape index (κ1) is 13.7. The van der Waals surface area contributed by atoms with Crippen LogP contribution in [0.2, 0.25) is 0 Å². The zero-order chi connectivity index (χ0) is 13.0. The van der Waals surface area contributed by atoms with Crippen LogP contribution in [0.25, 0.3) is 0 Å². The minimum absolute atomic E-state index is 0.126. The Morgan fingerprint density at radius 2 is 2.17 bits per heavy atom. The van der Waals surface area contributed by atoms with Crippen molar-refractivity contribution in [3.05, 3.63) is 0 Å². The highest BCUT2D eigenvalue weighted by atomic mass is 16.2. The topological polar surface area (TPSA) is 58.4 Å². The zero-order valence-electron chi connectivity index (χ0n) is 11.5. The number of nitrogens with zero attached hydrogens (tertiary/aromatic N) is 1. The maximum atomic E-state index is 12.1. The molecule has 4 heteroatoms. The summed E-state index contributed by atoms with van der Waals surface area (Å²) in [5.41, 5.74) is 5.97. The van der Waals surface area contributed by atoms with Gasteiger partial charge in [0, 0.05) is 25.7 Å². The van der Waals surface area contributed by atoms with Crippen LogP contribution in [0.4, 0.5) is 4.79 Å². The second-order valence-corrected chi connectivity index (χ2v) is 6.17. The lowest BCUT2D eigenvalue weighted by Crippen LogP contribution is -2.46. The fourth-order valence-corrected chi connectivity index (χ4v) is 3.24. The molecule has 3 N–H and O–H groups in total. The third-order valence-electron chi connectivity index (χ3n) is 4.31. The molecule has 104 valence electrons. The van der Waals surface area contributed by atoms with E-state index in [0.717, 1.165) is 38.9 Å². The average Bonchev–Trinajstić information content (AvgIpc) is 2.36. The summed E-state index contributed by atoms with van der Waals surface area (Å²) in [7, 11) is 0. The first-order valence-corrected chi connectivity index (χ1v) is 7.43. The van der Waals surface area contributed by atoms with Crippen molar-refractivity contribution in [1.82, 2.24) is 10.2 Å². The van der Waals surface area contributed by atoms with E-state index in [4.69, 9.17) is 5.73 Å². The van der Waals surface area contributed by atoms with Crippen LogP contribution < -0.4 is 11.1 Å². The lowest BCUT2D eigenvalue weighted by Gasteiger charge is -2.32. The molecule has 1 saturated carbocycles. The Bertz CT molecular complexity index is 282. The second-order valence-electron chi connectivity index (χ2n) is 6.17. The van der Waals surface area contributed by atoms with Gasteiger partial charge in [-0.1, -0.05) is 13.3 Å². The van der Waals surface area contributed by atoms with Crippen LogP contribution in [0.1, 0.15) is 45.4 Å². The van der Waals surface area contributed by atoms with Gasteiger partial charge in [0.05, 0.1) is 0 Å². The fourth-order valence-electron chi connectivity index (χ4n) is 3.24. The first-order valence-electron chi connectivity index (χ1n) is 7.43. The molecule has 0 spiro atoms. The Kier molecular flexibility index (Phi) is 4.87. The Balaban J connectivity index is 1.70. The largest absolute Gasteiger partial charge is 0.338 e.